The number of hydrogen-bond donors (Lipinski definition) is 1. The van der Waals surface area contributed by atoms with Crippen molar-refractivity contribution >= 4 is 0 Å². The zero-order chi connectivity index (χ0) is 11.8. The van der Waals surface area contributed by atoms with Crippen LogP contribution in [0.5, 0.6) is 0 Å². The van der Waals surface area contributed by atoms with E-state index in [1.807, 2.05) is 19.1 Å². The molecule has 0 spiro atoms. The number of H-pyrrole nitrogens is 1. The zero-order valence-corrected chi connectivity index (χ0v) is 9.66. The van der Waals surface area contributed by atoms with Crippen molar-refractivity contribution in [2.75, 3.05) is 0 Å². The fourth-order valence-corrected chi connectivity index (χ4v) is 2.23. The van der Waals surface area contributed by atoms with Gasteiger partial charge in [0, 0.05) is 11.8 Å². The summed E-state index contributed by atoms with van der Waals surface area (Å²) in [5.74, 6) is 0.583. The van der Waals surface area contributed by atoms with Crippen molar-refractivity contribution in [1.29, 1.82) is 0 Å². The van der Waals surface area contributed by atoms with Crippen molar-refractivity contribution < 1.29 is 0 Å². The lowest BCUT2D eigenvalue weighted by Gasteiger charge is -2.03. The first-order valence-corrected chi connectivity index (χ1v) is 5.79. The first-order chi connectivity index (χ1) is 8.24. The molecule has 2 heterocycles. The van der Waals surface area contributed by atoms with Crippen molar-refractivity contribution in [2.24, 2.45) is 0 Å². The van der Waals surface area contributed by atoms with Gasteiger partial charge in [0.05, 0.1) is 5.69 Å². The Morgan fingerprint density at radius 3 is 3.06 bits per heavy atom. The molecule has 0 aliphatic heterocycles. The summed E-state index contributed by atoms with van der Waals surface area (Å²) in [6.07, 6.45) is 4.51. The lowest BCUT2D eigenvalue weighted by Crippen LogP contribution is -2.15. The summed E-state index contributed by atoms with van der Waals surface area (Å²) < 4.78 is 0. The standard InChI is InChI=1S/C13H13N3O/c1-8-5-6-14-11(7-8)12-15-10-4-2-3-9(10)13(17)16-12/h5-7H,2-4H2,1H3,(H,15,16,17). The molecule has 0 atom stereocenters. The van der Waals surface area contributed by atoms with Crippen molar-refractivity contribution in [3.05, 3.63) is 45.5 Å². The Balaban J connectivity index is 2.16. The fourth-order valence-electron chi connectivity index (χ4n) is 2.23. The summed E-state index contributed by atoms with van der Waals surface area (Å²) in [7, 11) is 0. The van der Waals surface area contributed by atoms with E-state index < -0.39 is 0 Å². The van der Waals surface area contributed by atoms with Crippen LogP contribution in [0.25, 0.3) is 11.5 Å². The molecule has 0 bridgehead atoms. The molecule has 1 aliphatic carbocycles. The van der Waals surface area contributed by atoms with Gasteiger partial charge in [0.1, 0.15) is 5.69 Å². The Kier molecular flexibility index (Phi) is 2.28. The molecule has 17 heavy (non-hydrogen) atoms. The highest BCUT2D eigenvalue weighted by Gasteiger charge is 2.17. The highest BCUT2D eigenvalue weighted by atomic mass is 16.1. The number of hydrogen-bond acceptors (Lipinski definition) is 3. The van der Waals surface area contributed by atoms with Crippen LogP contribution in [0, 0.1) is 6.92 Å². The van der Waals surface area contributed by atoms with E-state index in [4.69, 9.17) is 0 Å². The second-order valence-electron chi connectivity index (χ2n) is 4.41. The Morgan fingerprint density at radius 1 is 1.35 bits per heavy atom. The van der Waals surface area contributed by atoms with E-state index in [1.165, 1.54) is 0 Å². The molecule has 0 radical (unpaired) electrons. The Hall–Kier alpha value is -1.97. The molecule has 0 saturated carbocycles. The van der Waals surface area contributed by atoms with E-state index in [-0.39, 0.29) is 5.56 Å². The Labute approximate surface area is 98.8 Å². The van der Waals surface area contributed by atoms with Gasteiger partial charge in [-0.05, 0) is 43.9 Å². The summed E-state index contributed by atoms with van der Waals surface area (Å²) in [6.45, 7) is 2.00. The summed E-state index contributed by atoms with van der Waals surface area (Å²) in [5, 5.41) is 0. The van der Waals surface area contributed by atoms with Gasteiger partial charge in [-0.1, -0.05) is 0 Å². The normalized spacial score (nSPS) is 13.7. The maximum absolute atomic E-state index is 11.9. The number of nitrogens with zero attached hydrogens (tertiary/aromatic N) is 2. The third kappa shape index (κ3) is 1.75. The number of nitrogens with one attached hydrogen (secondary N) is 1. The van der Waals surface area contributed by atoms with Crippen LogP contribution in [0.2, 0.25) is 0 Å². The van der Waals surface area contributed by atoms with Gasteiger partial charge in [0.25, 0.3) is 5.56 Å². The van der Waals surface area contributed by atoms with Crippen LogP contribution in [0.4, 0.5) is 0 Å². The van der Waals surface area contributed by atoms with Crippen molar-refractivity contribution in [1.82, 2.24) is 15.0 Å². The predicted molar refractivity (Wildman–Crippen MR) is 64.9 cm³/mol. The summed E-state index contributed by atoms with van der Waals surface area (Å²) in [5.41, 5.74) is 3.62. The van der Waals surface area contributed by atoms with E-state index in [0.717, 1.165) is 41.8 Å². The average Bonchev–Trinajstić information content (AvgIpc) is 2.77. The van der Waals surface area contributed by atoms with Gasteiger partial charge in [-0.3, -0.25) is 9.78 Å². The molecule has 2 aromatic heterocycles. The van der Waals surface area contributed by atoms with Gasteiger partial charge in [-0.15, -0.1) is 0 Å². The number of rotatable bonds is 1. The lowest BCUT2D eigenvalue weighted by atomic mass is 10.2. The van der Waals surface area contributed by atoms with Crippen LogP contribution < -0.4 is 5.56 Å². The summed E-state index contributed by atoms with van der Waals surface area (Å²) in [6, 6.07) is 3.86. The third-order valence-electron chi connectivity index (χ3n) is 3.10. The topological polar surface area (TPSA) is 58.6 Å². The molecule has 3 rings (SSSR count). The number of aromatic nitrogens is 3. The maximum Gasteiger partial charge on any atom is 0.254 e. The van der Waals surface area contributed by atoms with Crippen LogP contribution >= 0.6 is 0 Å². The molecule has 0 unspecified atom stereocenters. The quantitative estimate of drug-likeness (QED) is 0.805. The van der Waals surface area contributed by atoms with Crippen LogP contribution in [0.1, 0.15) is 23.2 Å². The van der Waals surface area contributed by atoms with Crippen molar-refractivity contribution in [3.63, 3.8) is 0 Å². The predicted octanol–water partition coefficient (Wildman–Crippen LogP) is 1.63. The first-order valence-electron chi connectivity index (χ1n) is 5.79. The third-order valence-corrected chi connectivity index (χ3v) is 3.10. The van der Waals surface area contributed by atoms with Crippen LogP contribution in [-0.4, -0.2) is 15.0 Å². The van der Waals surface area contributed by atoms with Crippen molar-refractivity contribution in [2.45, 2.75) is 26.2 Å². The van der Waals surface area contributed by atoms with Gasteiger partial charge >= 0.3 is 0 Å². The summed E-state index contributed by atoms with van der Waals surface area (Å²) in [4.78, 5) is 23.4. The fraction of sp³-hybridized carbons (Fsp3) is 0.308. The van der Waals surface area contributed by atoms with Crippen LogP contribution in [-0.2, 0) is 12.8 Å². The van der Waals surface area contributed by atoms with Gasteiger partial charge in [-0.2, -0.15) is 0 Å². The van der Waals surface area contributed by atoms with Crippen LogP contribution in [0.3, 0.4) is 0 Å². The zero-order valence-electron chi connectivity index (χ0n) is 9.66. The first kappa shape index (κ1) is 10.2. The molecule has 2 aromatic rings. The molecular weight excluding hydrogens is 214 g/mol. The average molecular weight is 227 g/mol. The number of pyridine rings is 1. The van der Waals surface area contributed by atoms with E-state index in [1.54, 1.807) is 6.20 Å². The highest BCUT2D eigenvalue weighted by molar-refractivity contribution is 5.50. The number of fused-ring (bicyclic) bond motifs is 1. The molecule has 0 saturated heterocycles. The molecule has 1 N–H and O–H groups in total. The molecule has 0 amide bonds. The molecule has 0 fully saturated rings. The molecule has 4 nitrogen and oxygen atoms in total. The minimum atomic E-state index is -0.00851. The minimum Gasteiger partial charge on any atom is -0.305 e. The monoisotopic (exact) mass is 227 g/mol. The largest absolute Gasteiger partial charge is 0.305 e. The highest BCUT2D eigenvalue weighted by Crippen LogP contribution is 2.19. The second-order valence-corrected chi connectivity index (χ2v) is 4.41. The molecule has 1 aliphatic rings. The van der Waals surface area contributed by atoms with Gasteiger partial charge in [-0.25, -0.2) is 4.98 Å². The smallest absolute Gasteiger partial charge is 0.254 e. The van der Waals surface area contributed by atoms with Crippen LogP contribution in [0.15, 0.2) is 23.1 Å². The van der Waals surface area contributed by atoms with Gasteiger partial charge in [0.15, 0.2) is 5.82 Å². The summed E-state index contributed by atoms with van der Waals surface area (Å²) >= 11 is 0. The van der Waals surface area contributed by atoms with Gasteiger partial charge in [0.2, 0.25) is 0 Å². The second kappa shape index (κ2) is 3.80. The SMILES string of the molecule is Cc1ccnc(-c2nc3c(c(=O)[nH]2)CCC3)c1. The Bertz CT molecular complexity index is 631. The number of aromatic amines is 1. The molecule has 86 valence electrons. The molecule has 0 aromatic carbocycles. The van der Waals surface area contributed by atoms with E-state index in [0.29, 0.717) is 5.82 Å². The molecule has 4 heteroatoms. The van der Waals surface area contributed by atoms with Gasteiger partial charge < -0.3 is 4.98 Å². The number of aryl methyl sites for hydroxylation is 2. The molecular formula is C13H13N3O. The maximum atomic E-state index is 11.9. The Morgan fingerprint density at radius 2 is 2.24 bits per heavy atom. The van der Waals surface area contributed by atoms with E-state index in [2.05, 4.69) is 15.0 Å². The van der Waals surface area contributed by atoms with E-state index in [9.17, 15) is 4.79 Å². The van der Waals surface area contributed by atoms with E-state index >= 15 is 0 Å². The minimum absolute atomic E-state index is 0.00851. The van der Waals surface area contributed by atoms with Crippen molar-refractivity contribution in [3.8, 4) is 11.5 Å². The lowest BCUT2D eigenvalue weighted by molar-refractivity contribution is 0.899.